The third-order valence-corrected chi connectivity index (χ3v) is 4.26. The lowest BCUT2D eigenvalue weighted by Gasteiger charge is -2.33. The molecule has 1 fully saturated rings. The summed E-state index contributed by atoms with van der Waals surface area (Å²) < 4.78 is 0.992. The maximum Gasteiger partial charge on any atom is 0.251 e. The van der Waals surface area contributed by atoms with E-state index in [1.807, 2.05) is 24.3 Å². The first kappa shape index (κ1) is 14.5. The van der Waals surface area contributed by atoms with Gasteiger partial charge in [-0.05, 0) is 50.6 Å². The van der Waals surface area contributed by atoms with Crippen molar-refractivity contribution in [2.75, 3.05) is 19.6 Å². The highest BCUT2D eigenvalue weighted by atomic mass is 79.9. The lowest BCUT2D eigenvalue weighted by atomic mass is 10.0. The first-order chi connectivity index (χ1) is 9.16. The first-order valence-electron chi connectivity index (χ1n) is 6.94. The third-order valence-electron chi connectivity index (χ3n) is 3.73. The van der Waals surface area contributed by atoms with Crippen LogP contribution in [-0.2, 0) is 0 Å². The van der Waals surface area contributed by atoms with Crippen LogP contribution in [0.1, 0.15) is 36.5 Å². The van der Waals surface area contributed by atoms with Crippen molar-refractivity contribution in [2.45, 2.75) is 32.2 Å². The van der Waals surface area contributed by atoms with E-state index in [0.717, 1.165) is 29.7 Å². The molecule has 0 aliphatic carbocycles. The van der Waals surface area contributed by atoms with Crippen molar-refractivity contribution in [1.29, 1.82) is 0 Å². The summed E-state index contributed by atoms with van der Waals surface area (Å²) in [4.78, 5) is 14.4. The minimum absolute atomic E-state index is 0.0113. The van der Waals surface area contributed by atoms with Gasteiger partial charge in [-0.15, -0.1) is 0 Å². The van der Waals surface area contributed by atoms with Crippen molar-refractivity contribution in [2.24, 2.45) is 0 Å². The third kappa shape index (κ3) is 4.32. The topological polar surface area (TPSA) is 32.3 Å². The van der Waals surface area contributed by atoms with Crippen LogP contribution in [0.3, 0.4) is 0 Å². The van der Waals surface area contributed by atoms with E-state index in [0.29, 0.717) is 6.04 Å². The molecule has 4 heteroatoms. The number of nitrogens with one attached hydrogen (secondary N) is 1. The fraction of sp³-hybridized carbons (Fsp3) is 0.533. The molecule has 2 rings (SSSR count). The number of rotatable bonds is 4. The summed E-state index contributed by atoms with van der Waals surface area (Å²) in [6, 6.07) is 8.10. The lowest BCUT2D eigenvalue weighted by Crippen LogP contribution is -2.42. The summed E-state index contributed by atoms with van der Waals surface area (Å²) in [5.74, 6) is 0.0113. The van der Waals surface area contributed by atoms with Gasteiger partial charge in [-0.3, -0.25) is 9.69 Å². The zero-order valence-corrected chi connectivity index (χ0v) is 12.9. The van der Waals surface area contributed by atoms with Crippen LogP contribution in [0.25, 0.3) is 0 Å². The predicted octanol–water partition coefficient (Wildman–Crippen LogP) is 3.05. The van der Waals surface area contributed by atoms with E-state index in [-0.39, 0.29) is 5.91 Å². The summed E-state index contributed by atoms with van der Waals surface area (Å²) in [6.45, 7) is 5.10. The summed E-state index contributed by atoms with van der Waals surface area (Å²) >= 11 is 3.37. The second-order valence-electron chi connectivity index (χ2n) is 5.14. The molecule has 1 N–H and O–H groups in total. The number of benzene rings is 1. The van der Waals surface area contributed by atoms with E-state index < -0.39 is 0 Å². The average Bonchev–Trinajstić information content (AvgIpc) is 2.41. The molecule has 0 radical (unpaired) electrons. The summed E-state index contributed by atoms with van der Waals surface area (Å²) in [5.41, 5.74) is 0.717. The first-order valence-corrected chi connectivity index (χ1v) is 7.74. The van der Waals surface area contributed by atoms with Crippen LogP contribution in [-0.4, -0.2) is 36.5 Å². The largest absolute Gasteiger partial charge is 0.351 e. The van der Waals surface area contributed by atoms with Gasteiger partial charge in [0.1, 0.15) is 0 Å². The van der Waals surface area contributed by atoms with Crippen LogP contribution in [0.2, 0.25) is 0 Å². The Morgan fingerprint density at radius 2 is 2.11 bits per heavy atom. The Hall–Kier alpha value is -0.870. The zero-order valence-electron chi connectivity index (χ0n) is 11.4. The van der Waals surface area contributed by atoms with E-state index in [1.54, 1.807) is 0 Å². The fourth-order valence-electron chi connectivity index (χ4n) is 2.51. The van der Waals surface area contributed by atoms with Gasteiger partial charge in [-0.25, -0.2) is 0 Å². The summed E-state index contributed by atoms with van der Waals surface area (Å²) in [5, 5.41) is 2.99. The number of nitrogens with zero attached hydrogens (tertiary/aromatic N) is 1. The van der Waals surface area contributed by atoms with Crippen molar-refractivity contribution in [3.63, 3.8) is 0 Å². The van der Waals surface area contributed by atoms with Crippen LogP contribution >= 0.6 is 15.9 Å². The van der Waals surface area contributed by atoms with Gasteiger partial charge in [-0.2, -0.15) is 0 Å². The SMILES string of the molecule is C[C@H]1CCCCN1CCNC(=O)c1ccc(Br)cc1. The van der Waals surface area contributed by atoms with E-state index in [9.17, 15) is 4.79 Å². The van der Waals surface area contributed by atoms with Gasteiger partial charge in [-0.1, -0.05) is 22.4 Å². The highest BCUT2D eigenvalue weighted by molar-refractivity contribution is 9.10. The maximum atomic E-state index is 11.9. The molecule has 0 spiro atoms. The molecule has 3 nitrogen and oxygen atoms in total. The van der Waals surface area contributed by atoms with Crippen LogP contribution in [0.4, 0.5) is 0 Å². The van der Waals surface area contributed by atoms with Crippen molar-refractivity contribution < 1.29 is 4.79 Å². The quantitative estimate of drug-likeness (QED) is 0.923. The highest BCUT2D eigenvalue weighted by Crippen LogP contribution is 2.15. The minimum Gasteiger partial charge on any atom is -0.351 e. The molecule has 1 amide bonds. The number of hydrogen-bond donors (Lipinski definition) is 1. The van der Waals surface area contributed by atoms with Gasteiger partial charge in [0.05, 0.1) is 0 Å². The average molecular weight is 325 g/mol. The normalized spacial score (nSPS) is 20.2. The number of amides is 1. The van der Waals surface area contributed by atoms with Gasteiger partial charge in [0.25, 0.3) is 5.91 Å². The summed E-state index contributed by atoms with van der Waals surface area (Å²) in [6.07, 6.45) is 3.90. The van der Waals surface area contributed by atoms with Crippen LogP contribution < -0.4 is 5.32 Å². The monoisotopic (exact) mass is 324 g/mol. The molecule has 1 saturated heterocycles. The molecule has 1 heterocycles. The molecule has 104 valence electrons. The molecule has 1 atom stereocenters. The Balaban J connectivity index is 1.76. The number of carbonyl (C=O) groups excluding carboxylic acids is 1. The molecule has 1 aliphatic heterocycles. The summed E-state index contributed by atoms with van der Waals surface area (Å²) in [7, 11) is 0. The second kappa shape index (κ2) is 7.06. The number of carbonyl (C=O) groups is 1. The Morgan fingerprint density at radius 3 is 2.79 bits per heavy atom. The van der Waals surface area contributed by atoms with E-state index >= 15 is 0 Å². The highest BCUT2D eigenvalue weighted by Gasteiger charge is 2.17. The van der Waals surface area contributed by atoms with Crippen molar-refractivity contribution >= 4 is 21.8 Å². The molecule has 19 heavy (non-hydrogen) atoms. The number of likely N-dealkylation sites (tertiary alicyclic amines) is 1. The predicted molar refractivity (Wildman–Crippen MR) is 81.4 cm³/mol. The van der Waals surface area contributed by atoms with Gasteiger partial charge in [0.2, 0.25) is 0 Å². The van der Waals surface area contributed by atoms with Crippen molar-refractivity contribution in [1.82, 2.24) is 10.2 Å². The van der Waals surface area contributed by atoms with E-state index in [2.05, 4.69) is 33.1 Å². The molecule has 0 saturated carbocycles. The minimum atomic E-state index is 0.0113. The standard InChI is InChI=1S/C15H21BrN2O/c1-12-4-2-3-10-18(12)11-9-17-15(19)13-5-7-14(16)8-6-13/h5-8,12H,2-4,9-11H2,1H3,(H,17,19)/t12-/m0/s1. The number of hydrogen-bond acceptors (Lipinski definition) is 2. The van der Waals surface area contributed by atoms with Crippen molar-refractivity contribution in [3.8, 4) is 0 Å². The fourth-order valence-corrected chi connectivity index (χ4v) is 2.77. The number of piperidine rings is 1. The molecular weight excluding hydrogens is 304 g/mol. The lowest BCUT2D eigenvalue weighted by molar-refractivity contribution is 0.0938. The number of halogens is 1. The van der Waals surface area contributed by atoms with Crippen LogP contribution in [0.5, 0.6) is 0 Å². The molecule has 0 unspecified atom stereocenters. The molecule has 0 aromatic heterocycles. The Labute approximate surface area is 123 Å². The molecule has 1 aromatic carbocycles. The van der Waals surface area contributed by atoms with Crippen molar-refractivity contribution in [3.05, 3.63) is 34.3 Å². The molecule has 1 aliphatic rings. The molecular formula is C15H21BrN2O. The molecule has 0 bridgehead atoms. The molecule has 1 aromatic rings. The Morgan fingerprint density at radius 1 is 1.37 bits per heavy atom. The van der Waals surface area contributed by atoms with Gasteiger partial charge < -0.3 is 5.32 Å². The van der Waals surface area contributed by atoms with Crippen LogP contribution in [0, 0.1) is 0 Å². The maximum absolute atomic E-state index is 11.9. The van der Waals surface area contributed by atoms with Gasteiger partial charge in [0, 0.05) is 29.2 Å². The second-order valence-corrected chi connectivity index (χ2v) is 6.06. The Kier molecular flexibility index (Phi) is 5.40. The zero-order chi connectivity index (χ0) is 13.7. The smallest absolute Gasteiger partial charge is 0.251 e. The Bertz CT molecular complexity index is 419. The van der Waals surface area contributed by atoms with E-state index in [4.69, 9.17) is 0 Å². The van der Waals surface area contributed by atoms with Gasteiger partial charge in [0.15, 0.2) is 0 Å². The van der Waals surface area contributed by atoms with Gasteiger partial charge >= 0.3 is 0 Å². The van der Waals surface area contributed by atoms with Crippen LogP contribution in [0.15, 0.2) is 28.7 Å². The van der Waals surface area contributed by atoms with E-state index in [1.165, 1.54) is 19.3 Å².